The molecule has 0 radical (unpaired) electrons. The minimum atomic E-state index is 0.816. The van der Waals surface area contributed by atoms with E-state index in [9.17, 15) is 0 Å². The SMILES string of the molecule is c1ccc(Cc2nn3c(-c4ccsc4)nnc3s2)cc1. The van der Waals surface area contributed by atoms with E-state index in [2.05, 4.69) is 32.8 Å². The fourth-order valence-electron chi connectivity index (χ4n) is 2.07. The maximum Gasteiger partial charge on any atom is 0.234 e. The van der Waals surface area contributed by atoms with E-state index in [1.54, 1.807) is 22.7 Å². The van der Waals surface area contributed by atoms with Crippen LogP contribution >= 0.6 is 22.7 Å². The van der Waals surface area contributed by atoms with Gasteiger partial charge in [0, 0.05) is 17.4 Å². The molecule has 0 aliphatic carbocycles. The summed E-state index contributed by atoms with van der Waals surface area (Å²) in [7, 11) is 0. The van der Waals surface area contributed by atoms with E-state index in [1.165, 1.54) is 5.56 Å². The Kier molecular flexibility index (Phi) is 2.82. The van der Waals surface area contributed by atoms with Gasteiger partial charge in [-0.1, -0.05) is 41.7 Å². The van der Waals surface area contributed by atoms with Crippen LogP contribution < -0.4 is 0 Å². The van der Waals surface area contributed by atoms with E-state index in [0.717, 1.165) is 27.8 Å². The van der Waals surface area contributed by atoms with Crippen LogP contribution in [0.15, 0.2) is 47.2 Å². The third-order valence-electron chi connectivity index (χ3n) is 3.01. The van der Waals surface area contributed by atoms with Gasteiger partial charge in [-0.15, -0.1) is 10.2 Å². The third kappa shape index (κ3) is 2.03. The number of nitrogens with zero attached hydrogens (tertiary/aromatic N) is 4. The Morgan fingerprint density at radius 1 is 1.05 bits per heavy atom. The predicted octanol–water partition coefficient (Wildman–Crippen LogP) is 3.51. The van der Waals surface area contributed by atoms with Crippen molar-refractivity contribution in [1.82, 2.24) is 19.8 Å². The molecule has 0 unspecified atom stereocenters. The third-order valence-corrected chi connectivity index (χ3v) is 4.59. The summed E-state index contributed by atoms with van der Waals surface area (Å²) in [4.78, 5) is 0.845. The second kappa shape index (κ2) is 4.81. The zero-order valence-electron chi connectivity index (χ0n) is 10.4. The van der Waals surface area contributed by atoms with Crippen LogP contribution in [-0.2, 0) is 6.42 Å². The Labute approximate surface area is 123 Å². The number of rotatable bonds is 3. The number of benzene rings is 1. The summed E-state index contributed by atoms with van der Waals surface area (Å²) in [6.07, 6.45) is 0.831. The van der Waals surface area contributed by atoms with E-state index in [1.807, 2.05) is 34.2 Å². The van der Waals surface area contributed by atoms with Crippen molar-refractivity contribution in [2.45, 2.75) is 6.42 Å². The van der Waals surface area contributed by atoms with Gasteiger partial charge in [0.25, 0.3) is 0 Å². The quantitative estimate of drug-likeness (QED) is 0.581. The lowest BCUT2D eigenvalue weighted by molar-refractivity contribution is 0.918. The van der Waals surface area contributed by atoms with E-state index in [-0.39, 0.29) is 0 Å². The van der Waals surface area contributed by atoms with Gasteiger partial charge in [0.1, 0.15) is 5.01 Å². The van der Waals surface area contributed by atoms with Crippen LogP contribution in [0.1, 0.15) is 10.6 Å². The van der Waals surface area contributed by atoms with Crippen molar-refractivity contribution < 1.29 is 0 Å². The summed E-state index contributed by atoms with van der Waals surface area (Å²) in [5.41, 5.74) is 2.33. The van der Waals surface area contributed by atoms with Gasteiger partial charge in [-0.2, -0.15) is 21.0 Å². The largest absolute Gasteiger partial charge is 0.234 e. The Balaban J connectivity index is 1.73. The molecule has 0 aliphatic rings. The zero-order chi connectivity index (χ0) is 13.4. The summed E-state index contributed by atoms with van der Waals surface area (Å²) in [5, 5.41) is 18.2. The fourth-order valence-corrected chi connectivity index (χ4v) is 3.57. The molecule has 0 fully saturated rings. The first-order valence-electron chi connectivity index (χ1n) is 6.18. The van der Waals surface area contributed by atoms with Gasteiger partial charge >= 0.3 is 0 Å². The molecule has 4 rings (SSSR count). The molecule has 0 N–H and O–H groups in total. The van der Waals surface area contributed by atoms with E-state index < -0.39 is 0 Å². The summed E-state index contributed by atoms with van der Waals surface area (Å²) in [5.74, 6) is 0.816. The van der Waals surface area contributed by atoms with Gasteiger partial charge in [-0.05, 0) is 17.0 Å². The van der Waals surface area contributed by atoms with E-state index in [0.29, 0.717) is 0 Å². The Morgan fingerprint density at radius 2 is 1.95 bits per heavy atom. The highest BCUT2D eigenvalue weighted by molar-refractivity contribution is 7.16. The lowest BCUT2D eigenvalue weighted by Gasteiger charge is -1.95. The second-order valence-electron chi connectivity index (χ2n) is 4.39. The second-order valence-corrected chi connectivity index (χ2v) is 6.21. The molecule has 20 heavy (non-hydrogen) atoms. The highest BCUT2D eigenvalue weighted by atomic mass is 32.1. The van der Waals surface area contributed by atoms with E-state index >= 15 is 0 Å². The molecule has 0 bridgehead atoms. The minimum Gasteiger partial charge on any atom is -0.183 e. The fraction of sp³-hybridized carbons (Fsp3) is 0.0714. The van der Waals surface area contributed by atoms with Crippen molar-refractivity contribution >= 4 is 27.6 Å². The van der Waals surface area contributed by atoms with Crippen molar-refractivity contribution in [2.75, 3.05) is 0 Å². The molecule has 0 amide bonds. The van der Waals surface area contributed by atoms with Crippen molar-refractivity contribution in [3.63, 3.8) is 0 Å². The Morgan fingerprint density at radius 3 is 2.75 bits per heavy atom. The number of thiophene rings is 1. The van der Waals surface area contributed by atoms with Gasteiger partial charge in [0.05, 0.1) is 0 Å². The molecule has 1 aromatic carbocycles. The lowest BCUT2D eigenvalue weighted by Crippen LogP contribution is -1.92. The normalized spacial score (nSPS) is 11.2. The smallest absolute Gasteiger partial charge is 0.183 e. The topological polar surface area (TPSA) is 43.1 Å². The van der Waals surface area contributed by atoms with Crippen LogP contribution in [0, 0.1) is 0 Å². The van der Waals surface area contributed by atoms with Crippen molar-refractivity contribution in [3.05, 3.63) is 57.7 Å². The monoisotopic (exact) mass is 298 g/mol. The molecule has 0 aliphatic heterocycles. The zero-order valence-corrected chi connectivity index (χ0v) is 12.1. The molecular weight excluding hydrogens is 288 g/mol. The predicted molar refractivity (Wildman–Crippen MR) is 81.2 cm³/mol. The first-order chi connectivity index (χ1) is 9.90. The summed E-state index contributed by atoms with van der Waals surface area (Å²) in [6.45, 7) is 0. The number of fused-ring (bicyclic) bond motifs is 1. The number of aromatic nitrogens is 4. The summed E-state index contributed by atoms with van der Waals surface area (Å²) >= 11 is 3.24. The molecule has 0 saturated heterocycles. The first-order valence-corrected chi connectivity index (χ1v) is 7.94. The number of hydrogen-bond acceptors (Lipinski definition) is 5. The average Bonchev–Trinajstić information content (AvgIpc) is 3.15. The first kappa shape index (κ1) is 11.7. The molecule has 4 nitrogen and oxygen atoms in total. The molecule has 0 spiro atoms. The Bertz CT molecular complexity index is 831. The van der Waals surface area contributed by atoms with Gasteiger partial charge in [-0.25, -0.2) is 0 Å². The molecular formula is C14H10N4S2. The highest BCUT2D eigenvalue weighted by Crippen LogP contribution is 2.24. The summed E-state index contributed by atoms with van der Waals surface area (Å²) < 4.78 is 1.84. The standard InChI is InChI=1S/C14H10N4S2/c1-2-4-10(5-3-1)8-12-17-18-13(11-6-7-19-9-11)15-16-14(18)20-12/h1-7,9H,8H2. The lowest BCUT2D eigenvalue weighted by atomic mass is 10.2. The van der Waals surface area contributed by atoms with Gasteiger partial charge < -0.3 is 0 Å². The van der Waals surface area contributed by atoms with Crippen LogP contribution in [0.4, 0.5) is 0 Å². The molecule has 4 aromatic rings. The van der Waals surface area contributed by atoms with Crippen molar-refractivity contribution in [1.29, 1.82) is 0 Å². The molecule has 0 atom stereocenters. The Hall–Kier alpha value is -2.05. The van der Waals surface area contributed by atoms with Crippen molar-refractivity contribution in [2.24, 2.45) is 0 Å². The molecule has 98 valence electrons. The van der Waals surface area contributed by atoms with E-state index in [4.69, 9.17) is 0 Å². The van der Waals surface area contributed by atoms with Crippen LogP contribution in [0.3, 0.4) is 0 Å². The summed E-state index contributed by atoms with van der Waals surface area (Å²) in [6, 6.07) is 12.4. The molecule has 6 heteroatoms. The van der Waals surface area contributed by atoms with Crippen LogP contribution in [0.5, 0.6) is 0 Å². The molecule has 3 heterocycles. The van der Waals surface area contributed by atoms with Crippen LogP contribution in [-0.4, -0.2) is 19.8 Å². The van der Waals surface area contributed by atoms with Gasteiger partial charge in [0.2, 0.25) is 4.96 Å². The van der Waals surface area contributed by atoms with Gasteiger partial charge in [-0.3, -0.25) is 0 Å². The average molecular weight is 298 g/mol. The minimum absolute atomic E-state index is 0.816. The maximum absolute atomic E-state index is 4.64. The van der Waals surface area contributed by atoms with Gasteiger partial charge in [0.15, 0.2) is 5.82 Å². The van der Waals surface area contributed by atoms with Crippen molar-refractivity contribution in [3.8, 4) is 11.4 Å². The van der Waals surface area contributed by atoms with Crippen LogP contribution in [0.2, 0.25) is 0 Å². The molecule has 0 saturated carbocycles. The number of hydrogen-bond donors (Lipinski definition) is 0. The maximum atomic E-state index is 4.64. The highest BCUT2D eigenvalue weighted by Gasteiger charge is 2.13. The van der Waals surface area contributed by atoms with Crippen LogP contribution in [0.25, 0.3) is 16.3 Å². The molecule has 3 aromatic heterocycles.